The highest BCUT2D eigenvalue weighted by Crippen LogP contribution is 2.35. The van der Waals surface area contributed by atoms with Gasteiger partial charge in [0.15, 0.2) is 12.6 Å². The molecular formula is C20H19NO4. The second-order valence-corrected chi connectivity index (χ2v) is 5.95. The number of nitrogens with zero attached hydrogens (tertiary/aromatic N) is 1. The molecule has 0 aliphatic heterocycles. The molecule has 0 bridgehead atoms. The van der Waals surface area contributed by atoms with Crippen LogP contribution in [0.1, 0.15) is 23.7 Å². The third-order valence-corrected chi connectivity index (χ3v) is 4.31. The minimum atomic E-state index is 0.126. The van der Waals surface area contributed by atoms with Crippen LogP contribution in [0.2, 0.25) is 0 Å². The van der Waals surface area contributed by atoms with Crippen molar-refractivity contribution in [1.29, 1.82) is 0 Å². The summed E-state index contributed by atoms with van der Waals surface area (Å²) in [5.41, 5.74) is 3.59. The van der Waals surface area contributed by atoms with Gasteiger partial charge in [0.1, 0.15) is 11.9 Å². The largest absolute Gasteiger partial charge is 0.486 e. The average molecular weight is 337 g/mol. The second kappa shape index (κ2) is 6.99. The first-order valence-corrected chi connectivity index (χ1v) is 8.27. The lowest BCUT2D eigenvalue weighted by Crippen LogP contribution is -2.03. The number of benzene rings is 2. The van der Waals surface area contributed by atoms with Crippen LogP contribution >= 0.6 is 0 Å². The van der Waals surface area contributed by atoms with Gasteiger partial charge in [-0.15, -0.1) is 0 Å². The lowest BCUT2D eigenvalue weighted by molar-refractivity contribution is 0.0453. The number of fused-ring (bicyclic) bond motifs is 1. The van der Waals surface area contributed by atoms with E-state index in [1.165, 1.54) is 11.1 Å². The monoisotopic (exact) mass is 337 g/mol. The first kappa shape index (κ1) is 15.7. The Labute approximate surface area is 146 Å². The van der Waals surface area contributed by atoms with Crippen molar-refractivity contribution >= 4 is 0 Å². The Bertz CT molecular complexity index is 841. The normalized spacial score (nSPS) is 15.8. The summed E-state index contributed by atoms with van der Waals surface area (Å²) >= 11 is 0. The fraction of sp³-hybridized carbons (Fsp3) is 0.250. The fourth-order valence-corrected chi connectivity index (χ4v) is 3.08. The Balaban J connectivity index is 1.45. The Kier molecular flexibility index (Phi) is 4.39. The van der Waals surface area contributed by atoms with Crippen molar-refractivity contribution in [3.8, 4) is 23.0 Å². The SMILES string of the molecule is COCOc1cc(-c2ccc(O[C@H]3CCc4ccccc43)cc2)on1. The molecular weight excluding hydrogens is 318 g/mol. The van der Waals surface area contributed by atoms with Crippen LogP contribution < -0.4 is 9.47 Å². The number of hydrogen-bond donors (Lipinski definition) is 0. The van der Waals surface area contributed by atoms with Gasteiger partial charge in [-0.1, -0.05) is 24.3 Å². The molecule has 1 aliphatic rings. The van der Waals surface area contributed by atoms with Crippen LogP contribution in [-0.4, -0.2) is 19.1 Å². The van der Waals surface area contributed by atoms with Crippen molar-refractivity contribution in [3.63, 3.8) is 0 Å². The van der Waals surface area contributed by atoms with Gasteiger partial charge >= 0.3 is 0 Å². The van der Waals surface area contributed by atoms with E-state index < -0.39 is 0 Å². The third kappa shape index (κ3) is 3.37. The van der Waals surface area contributed by atoms with Crippen molar-refractivity contribution in [2.75, 3.05) is 13.9 Å². The molecule has 1 aromatic heterocycles. The van der Waals surface area contributed by atoms with Gasteiger partial charge in [0.05, 0.1) is 0 Å². The van der Waals surface area contributed by atoms with Gasteiger partial charge in [-0.3, -0.25) is 0 Å². The van der Waals surface area contributed by atoms with Gasteiger partial charge in [-0.05, 0) is 53.4 Å². The van der Waals surface area contributed by atoms with E-state index in [1.807, 2.05) is 24.3 Å². The van der Waals surface area contributed by atoms with Crippen molar-refractivity contribution in [2.24, 2.45) is 0 Å². The number of ether oxygens (including phenoxy) is 3. The molecule has 0 saturated carbocycles. The van der Waals surface area contributed by atoms with Gasteiger partial charge in [-0.25, -0.2) is 0 Å². The predicted octanol–water partition coefficient (Wildman–Crippen LogP) is 4.39. The maximum Gasteiger partial charge on any atom is 0.256 e. The molecule has 1 heterocycles. The lowest BCUT2D eigenvalue weighted by atomic mass is 10.1. The van der Waals surface area contributed by atoms with Crippen LogP contribution in [0, 0.1) is 0 Å². The molecule has 0 saturated heterocycles. The minimum Gasteiger partial charge on any atom is -0.486 e. The molecule has 0 unspecified atom stereocenters. The molecule has 1 aliphatic carbocycles. The molecule has 0 N–H and O–H groups in total. The zero-order valence-electron chi connectivity index (χ0n) is 14.0. The quantitative estimate of drug-likeness (QED) is 0.624. The summed E-state index contributed by atoms with van der Waals surface area (Å²) in [5.74, 6) is 1.89. The highest BCUT2D eigenvalue weighted by Gasteiger charge is 2.23. The molecule has 25 heavy (non-hydrogen) atoms. The Morgan fingerprint density at radius 1 is 1.12 bits per heavy atom. The van der Waals surface area contributed by atoms with Crippen LogP contribution in [0.3, 0.4) is 0 Å². The third-order valence-electron chi connectivity index (χ3n) is 4.31. The summed E-state index contributed by atoms with van der Waals surface area (Å²) in [6.45, 7) is 0.140. The molecule has 5 nitrogen and oxygen atoms in total. The summed E-state index contributed by atoms with van der Waals surface area (Å²) in [6, 6.07) is 18.0. The van der Waals surface area contributed by atoms with E-state index >= 15 is 0 Å². The molecule has 0 amide bonds. The van der Waals surface area contributed by atoms with E-state index in [0.29, 0.717) is 11.6 Å². The standard InChI is InChI=1S/C20H19NO4/c1-22-13-23-20-12-19(25-21-20)15-6-9-16(10-7-15)24-18-11-8-14-4-2-3-5-17(14)18/h2-7,9-10,12,18H,8,11,13H2,1H3/t18-/m0/s1. The molecule has 0 radical (unpaired) electrons. The maximum atomic E-state index is 6.16. The summed E-state index contributed by atoms with van der Waals surface area (Å²) in [4.78, 5) is 0. The van der Waals surface area contributed by atoms with Crippen molar-refractivity contribution in [2.45, 2.75) is 18.9 Å². The minimum absolute atomic E-state index is 0.126. The average Bonchev–Trinajstić information content (AvgIpc) is 3.28. The Morgan fingerprint density at radius 3 is 2.80 bits per heavy atom. The van der Waals surface area contributed by atoms with Crippen LogP contribution in [-0.2, 0) is 11.2 Å². The fourth-order valence-electron chi connectivity index (χ4n) is 3.08. The van der Waals surface area contributed by atoms with Crippen LogP contribution in [0.5, 0.6) is 11.6 Å². The van der Waals surface area contributed by atoms with Crippen LogP contribution in [0.4, 0.5) is 0 Å². The zero-order chi connectivity index (χ0) is 17.1. The Hall–Kier alpha value is -2.79. The number of hydrogen-bond acceptors (Lipinski definition) is 5. The molecule has 128 valence electrons. The first-order chi connectivity index (χ1) is 12.3. The van der Waals surface area contributed by atoms with E-state index in [-0.39, 0.29) is 12.9 Å². The summed E-state index contributed by atoms with van der Waals surface area (Å²) < 4.78 is 21.6. The zero-order valence-corrected chi connectivity index (χ0v) is 14.0. The summed E-state index contributed by atoms with van der Waals surface area (Å²) in [7, 11) is 1.56. The molecule has 1 atom stereocenters. The van der Waals surface area contributed by atoms with Crippen LogP contribution in [0.25, 0.3) is 11.3 Å². The van der Waals surface area contributed by atoms with Crippen LogP contribution in [0.15, 0.2) is 59.1 Å². The second-order valence-electron chi connectivity index (χ2n) is 5.95. The number of aryl methyl sites for hydroxylation is 1. The lowest BCUT2D eigenvalue weighted by Gasteiger charge is -2.15. The smallest absolute Gasteiger partial charge is 0.256 e. The maximum absolute atomic E-state index is 6.16. The highest BCUT2D eigenvalue weighted by molar-refractivity contribution is 5.59. The van der Waals surface area contributed by atoms with Gasteiger partial charge in [0.25, 0.3) is 5.88 Å². The van der Waals surface area contributed by atoms with E-state index in [4.69, 9.17) is 18.7 Å². The number of aromatic nitrogens is 1. The Morgan fingerprint density at radius 2 is 1.96 bits per heavy atom. The molecule has 4 rings (SSSR count). The van der Waals surface area contributed by atoms with Gasteiger partial charge in [0, 0.05) is 18.7 Å². The van der Waals surface area contributed by atoms with E-state index in [2.05, 4.69) is 29.4 Å². The van der Waals surface area contributed by atoms with Gasteiger partial charge in [0.2, 0.25) is 0 Å². The highest BCUT2D eigenvalue weighted by atomic mass is 16.7. The number of methoxy groups -OCH3 is 1. The van der Waals surface area contributed by atoms with Crippen molar-refractivity contribution in [1.82, 2.24) is 5.16 Å². The first-order valence-electron chi connectivity index (χ1n) is 8.27. The topological polar surface area (TPSA) is 53.7 Å². The van der Waals surface area contributed by atoms with Gasteiger partial charge < -0.3 is 18.7 Å². The molecule has 5 heteroatoms. The van der Waals surface area contributed by atoms with E-state index in [1.54, 1.807) is 13.2 Å². The molecule has 0 spiro atoms. The summed E-state index contributed by atoms with van der Waals surface area (Å²) in [6.07, 6.45) is 2.21. The molecule has 2 aromatic carbocycles. The number of rotatable bonds is 6. The van der Waals surface area contributed by atoms with Crippen molar-refractivity contribution < 1.29 is 18.7 Å². The molecule has 3 aromatic rings. The van der Waals surface area contributed by atoms with E-state index in [9.17, 15) is 0 Å². The summed E-state index contributed by atoms with van der Waals surface area (Å²) in [5, 5.41) is 3.85. The predicted molar refractivity (Wildman–Crippen MR) is 92.6 cm³/mol. The van der Waals surface area contributed by atoms with E-state index in [0.717, 1.165) is 24.2 Å². The van der Waals surface area contributed by atoms with Crippen molar-refractivity contribution in [3.05, 3.63) is 65.7 Å². The molecule has 0 fully saturated rings. The van der Waals surface area contributed by atoms with Gasteiger partial charge in [-0.2, -0.15) is 0 Å².